The molecule has 0 aliphatic heterocycles. The Labute approximate surface area is 134 Å². The molecule has 0 unspecified atom stereocenters. The third-order valence-electron chi connectivity index (χ3n) is 4.07. The van der Waals surface area contributed by atoms with Gasteiger partial charge in [0.2, 0.25) is 5.16 Å². The van der Waals surface area contributed by atoms with E-state index in [0.717, 1.165) is 28.9 Å². The van der Waals surface area contributed by atoms with Gasteiger partial charge in [0.25, 0.3) is 0 Å². The van der Waals surface area contributed by atoms with Gasteiger partial charge in [0, 0.05) is 11.1 Å². The molecule has 3 heterocycles. The Kier molecular flexibility index (Phi) is 3.30. The molecule has 0 N–H and O–H groups in total. The van der Waals surface area contributed by atoms with E-state index in [2.05, 4.69) is 27.1 Å². The molecule has 0 saturated heterocycles. The first-order valence-electron chi connectivity index (χ1n) is 7.14. The van der Waals surface area contributed by atoms with Gasteiger partial charge >= 0.3 is 0 Å². The number of aromatic nitrogens is 5. The van der Waals surface area contributed by atoms with E-state index in [1.165, 1.54) is 16.9 Å². The zero-order valence-electron chi connectivity index (χ0n) is 12.3. The van der Waals surface area contributed by atoms with E-state index in [-0.39, 0.29) is 0 Å². The lowest BCUT2D eigenvalue weighted by Gasteiger charge is -2.18. The number of aryl methyl sites for hydroxylation is 1. The lowest BCUT2D eigenvalue weighted by molar-refractivity contribution is 0.509. The van der Waals surface area contributed by atoms with E-state index >= 15 is 0 Å². The first-order valence-corrected chi connectivity index (χ1v) is 9.51. The molecule has 22 heavy (non-hydrogen) atoms. The highest BCUT2D eigenvalue weighted by molar-refractivity contribution is 7.84. The van der Waals surface area contributed by atoms with Crippen molar-refractivity contribution in [1.29, 1.82) is 0 Å². The van der Waals surface area contributed by atoms with Crippen molar-refractivity contribution in [2.75, 3.05) is 6.26 Å². The molecule has 0 radical (unpaired) electrons. The van der Waals surface area contributed by atoms with Gasteiger partial charge < -0.3 is 0 Å². The van der Waals surface area contributed by atoms with Crippen molar-refractivity contribution in [3.63, 3.8) is 0 Å². The third-order valence-corrected chi connectivity index (χ3v) is 6.03. The first kappa shape index (κ1) is 14.0. The van der Waals surface area contributed by atoms with E-state index in [4.69, 9.17) is 0 Å². The minimum absolute atomic E-state index is 0.420. The summed E-state index contributed by atoms with van der Waals surface area (Å²) in [5, 5.41) is 9.35. The van der Waals surface area contributed by atoms with E-state index in [1.807, 2.05) is 0 Å². The maximum atomic E-state index is 11.9. The first-order chi connectivity index (χ1) is 10.6. The van der Waals surface area contributed by atoms with Crippen LogP contribution in [-0.4, -0.2) is 35.2 Å². The number of hydrogen-bond donors (Lipinski definition) is 0. The second-order valence-corrected chi connectivity index (χ2v) is 8.02. The summed E-state index contributed by atoms with van der Waals surface area (Å²) in [7, 11) is -1.22. The number of hydrogen-bond acceptors (Lipinski definition) is 6. The number of fused-ring (bicyclic) bond motifs is 3. The lowest BCUT2D eigenvalue weighted by Crippen LogP contribution is -2.10. The van der Waals surface area contributed by atoms with Gasteiger partial charge in [0.05, 0.1) is 16.2 Å². The van der Waals surface area contributed by atoms with Gasteiger partial charge in [-0.3, -0.25) is 8.78 Å². The summed E-state index contributed by atoms with van der Waals surface area (Å²) < 4.78 is 13.6. The minimum atomic E-state index is -1.22. The third kappa shape index (κ3) is 2.09. The molecular formula is C14H15N5OS2. The average Bonchev–Trinajstić information content (AvgIpc) is 3.10. The molecule has 1 aliphatic carbocycles. The smallest absolute Gasteiger partial charge is 0.226 e. The van der Waals surface area contributed by atoms with Crippen molar-refractivity contribution in [1.82, 2.24) is 24.7 Å². The van der Waals surface area contributed by atoms with Crippen molar-refractivity contribution < 1.29 is 4.21 Å². The van der Waals surface area contributed by atoms with Gasteiger partial charge in [0.15, 0.2) is 5.82 Å². The highest BCUT2D eigenvalue weighted by Gasteiger charge is 2.24. The molecule has 114 valence electrons. The van der Waals surface area contributed by atoms with Crippen LogP contribution in [0.3, 0.4) is 0 Å². The van der Waals surface area contributed by atoms with Crippen LogP contribution in [0.4, 0.5) is 0 Å². The van der Waals surface area contributed by atoms with Crippen LogP contribution in [-0.2, 0) is 23.6 Å². The zero-order valence-corrected chi connectivity index (χ0v) is 13.9. The Balaban J connectivity index is 1.99. The van der Waals surface area contributed by atoms with Crippen LogP contribution in [0.5, 0.6) is 0 Å². The van der Waals surface area contributed by atoms with Crippen LogP contribution in [0.2, 0.25) is 0 Å². The molecule has 2 atom stereocenters. The summed E-state index contributed by atoms with van der Waals surface area (Å²) in [5.74, 6) is 1.46. The summed E-state index contributed by atoms with van der Waals surface area (Å²) in [6.07, 6.45) is 8.07. The summed E-state index contributed by atoms with van der Waals surface area (Å²) >= 11 is 1.75. The molecule has 0 bridgehead atoms. The molecule has 3 aromatic heterocycles. The predicted molar refractivity (Wildman–Crippen MR) is 85.9 cm³/mol. The van der Waals surface area contributed by atoms with Crippen LogP contribution in [0, 0.1) is 5.92 Å². The molecule has 6 nitrogen and oxygen atoms in total. The molecule has 0 saturated carbocycles. The molecular weight excluding hydrogens is 318 g/mol. The van der Waals surface area contributed by atoms with Crippen LogP contribution in [0.15, 0.2) is 17.8 Å². The SMILES string of the molecule is C[C@@H]1CCc2c(sc3ncnc(-n4cnnc4[S@](C)=O)c23)C1. The van der Waals surface area contributed by atoms with Crippen molar-refractivity contribution in [3.05, 3.63) is 23.1 Å². The van der Waals surface area contributed by atoms with Gasteiger partial charge in [-0.05, 0) is 30.7 Å². The molecule has 4 rings (SSSR count). The summed E-state index contributed by atoms with van der Waals surface area (Å²) in [5.41, 5.74) is 1.34. The van der Waals surface area contributed by atoms with Crippen LogP contribution < -0.4 is 0 Å². The molecule has 0 aromatic carbocycles. The molecule has 0 fully saturated rings. The summed E-state index contributed by atoms with van der Waals surface area (Å²) in [6.45, 7) is 2.29. The van der Waals surface area contributed by atoms with Crippen molar-refractivity contribution in [2.45, 2.75) is 31.3 Å². The zero-order chi connectivity index (χ0) is 15.3. The van der Waals surface area contributed by atoms with Gasteiger partial charge in [-0.1, -0.05) is 6.92 Å². The number of thiophene rings is 1. The minimum Gasteiger partial charge on any atom is -0.257 e. The molecule has 3 aromatic rings. The second-order valence-electron chi connectivity index (χ2n) is 5.67. The van der Waals surface area contributed by atoms with Crippen LogP contribution in [0.25, 0.3) is 16.0 Å². The maximum Gasteiger partial charge on any atom is 0.226 e. The lowest BCUT2D eigenvalue weighted by atomic mass is 9.89. The fourth-order valence-corrected chi connectivity index (χ4v) is 4.92. The van der Waals surface area contributed by atoms with Gasteiger partial charge in [0.1, 0.15) is 17.5 Å². The summed E-state index contributed by atoms with van der Waals surface area (Å²) in [4.78, 5) is 11.3. The Morgan fingerprint density at radius 2 is 2.27 bits per heavy atom. The van der Waals surface area contributed by atoms with Gasteiger partial charge in [-0.15, -0.1) is 21.5 Å². The van der Waals surface area contributed by atoms with Crippen molar-refractivity contribution in [3.8, 4) is 5.82 Å². The van der Waals surface area contributed by atoms with E-state index in [9.17, 15) is 4.21 Å². The number of nitrogens with zero attached hydrogens (tertiary/aromatic N) is 5. The van der Waals surface area contributed by atoms with E-state index in [1.54, 1.807) is 34.8 Å². The maximum absolute atomic E-state index is 11.9. The normalized spacial score (nSPS) is 19.3. The fourth-order valence-electron chi connectivity index (χ4n) is 3.01. The quantitative estimate of drug-likeness (QED) is 0.718. The Morgan fingerprint density at radius 1 is 1.41 bits per heavy atom. The fraction of sp³-hybridized carbons (Fsp3) is 0.429. The highest BCUT2D eigenvalue weighted by Crippen LogP contribution is 2.39. The van der Waals surface area contributed by atoms with Crippen molar-refractivity contribution in [2.24, 2.45) is 5.92 Å². The van der Waals surface area contributed by atoms with Crippen molar-refractivity contribution >= 4 is 32.4 Å². The largest absolute Gasteiger partial charge is 0.257 e. The molecule has 8 heteroatoms. The average molecular weight is 333 g/mol. The van der Waals surface area contributed by atoms with E-state index in [0.29, 0.717) is 11.1 Å². The monoisotopic (exact) mass is 333 g/mol. The highest BCUT2D eigenvalue weighted by atomic mass is 32.2. The summed E-state index contributed by atoms with van der Waals surface area (Å²) in [6, 6.07) is 0. The topological polar surface area (TPSA) is 73.6 Å². The van der Waals surface area contributed by atoms with Crippen LogP contribution in [0.1, 0.15) is 23.8 Å². The van der Waals surface area contributed by atoms with Gasteiger partial charge in [-0.25, -0.2) is 9.97 Å². The molecule has 0 amide bonds. The van der Waals surface area contributed by atoms with Gasteiger partial charge in [-0.2, -0.15) is 0 Å². The second kappa shape index (κ2) is 5.20. The van der Waals surface area contributed by atoms with E-state index < -0.39 is 10.8 Å². The Morgan fingerprint density at radius 3 is 3.09 bits per heavy atom. The molecule has 1 aliphatic rings. The Hall–Kier alpha value is -1.67. The van der Waals surface area contributed by atoms with Crippen LogP contribution >= 0.6 is 11.3 Å². The standard InChI is InChI=1S/C14H15N5OS2/c1-8-3-4-9-10(5-8)21-13-11(9)12(15-6-16-13)19-7-17-18-14(19)22(2)20/h6-8H,3-5H2,1-2H3/t8-,22+/m1/s1. The predicted octanol–water partition coefficient (Wildman–Crippen LogP) is 2.13. The Bertz CT molecular complexity index is 885. The number of rotatable bonds is 2. The molecule has 0 spiro atoms.